The van der Waals surface area contributed by atoms with Crippen LogP contribution in [0.5, 0.6) is 0 Å². The normalized spacial score (nSPS) is 17.7. The Hall–Kier alpha value is -2.96. The fraction of sp³-hybridized carbons (Fsp3) is 0.273. The van der Waals surface area contributed by atoms with Gasteiger partial charge < -0.3 is 14.8 Å². The van der Waals surface area contributed by atoms with E-state index in [0.29, 0.717) is 5.82 Å². The Morgan fingerprint density at radius 1 is 1.04 bits per heavy atom. The molecule has 144 valence electrons. The number of anilines is 2. The van der Waals surface area contributed by atoms with Gasteiger partial charge in [0.2, 0.25) is 0 Å². The lowest BCUT2D eigenvalue weighted by Crippen LogP contribution is -2.36. The van der Waals surface area contributed by atoms with Crippen LogP contribution >= 0.6 is 0 Å². The second-order valence-corrected chi connectivity index (χ2v) is 6.99. The van der Waals surface area contributed by atoms with Gasteiger partial charge in [0, 0.05) is 31.5 Å². The number of rotatable bonds is 4. The predicted molar refractivity (Wildman–Crippen MR) is 109 cm³/mol. The summed E-state index contributed by atoms with van der Waals surface area (Å²) in [4.78, 5) is 17.2. The van der Waals surface area contributed by atoms with Crippen LogP contribution in [0.3, 0.4) is 0 Å². The summed E-state index contributed by atoms with van der Waals surface area (Å²) in [5.74, 6) is 0.503. The molecule has 0 spiro atoms. The number of nitrogens with one attached hydrogen (secondary N) is 1. The van der Waals surface area contributed by atoms with Gasteiger partial charge in [0.05, 0.1) is 5.69 Å². The summed E-state index contributed by atoms with van der Waals surface area (Å²) in [6.07, 6.45) is -0.962. The standard InChI is InChI=1S/C22H23N3O3/c1-13-9-10-17(14(2)11-13)23-19-12-18-15-7-5-6-8-16(15)20(27-3)21(28-4)25(18)22(26)24-19/h5-12,20-21H,1-4H3,(H,23,24,26). The number of benzene rings is 2. The van der Waals surface area contributed by atoms with Crippen LogP contribution in [0.4, 0.5) is 11.5 Å². The zero-order valence-corrected chi connectivity index (χ0v) is 16.4. The summed E-state index contributed by atoms with van der Waals surface area (Å²) >= 11 is 0. The van der Waals surface area contributed by atoms with Crippen molar-refractivity contribution in [1.29, 1.82) is 0 Å². The first kappa shape index (κ1) is 18.4. The van der Waals surface area contributed by atoms with E-state index in [4.69, 9.17) is 9.47 Å². The van der Waals surface area contributed by atoms with Crippen molar-refractivity contribution in [2.45, 2.75) is 26.2 Å². The number of ether oxygens (including phenoxy) is 2. The molecule has 0 amide bonds. The van der Waals surface area contributed by atoms with E-state index < -0.39 is 6.23 Å². The molecule has 0 bridgehead atoms. The van der Waals surface area contributed by atoms with Crippen molar-refractivity contribution in [3.8, 4) is 11.3 Å². The first-order valence-corrected chi connectivity index (χ1v) is 9.16. The van der Waals surface area contributed by atoms with E-state index in [0.717, 1.165) is 28.1 Å². The van der Waals surface area contributed by atoms with Gasteiger partial charge in [0.25, 0.3) is 0 Å². The van der Waals surface area contributed by atoms with Crippen molar-refractivity contribution in [2.75, 3.05) is 19.5 Å². The third kappa shape index (κ3) is 3.00. The maximum atomic E-state index is 12.9. The Bertz CT molecular complexity index is 1090. The Morgan fingerprint density at radius 3 is 2.54 bits per heavy atom. The molecule has 6 nitrogen and oxygen atoms in total. The highest BCUT2D eigenvalue weighted by molar-refractivity contribution is 5.71. The van der Waals surface area contributed by atoms with Gasteiger partial charge in [0.1, 0.15) is 11.9 Å². The maximum absolute atomic E-state index is 12.9. The zero-order valence-electron chi connectivity index (χ0n) is 16.4. The summed E-state index contributed by atoms with van der Waals surface area (Å²) in [7, 11) is 3.19. The van der Waals surface area contributed by atoms with Crippen molar-refractivity contribution in [1.82, 2.24) is 9.55 Å². The number of hydrogen-bond donors (Lipinski definition) is 1. The van der Waals surface area contributed by atoms with E-state index in [9.17, 15) is 4.79 Å². The molecule has 2 unspecified atom stereocenters. The molecular weight excluding hydrogens is 354 g/mol. The average Bonchev–Trinajstić information content (AvgIpc) is 2.69. The van der Waals surface area contributed by atoms with Gasteiger partial charge in [-0.2, -0.15) is 4.98 Å². The second kappa shape index (κ2) is 7.22. The molecule has 1 N–H and O–H groups in total. The first-order chi connectivity index (χ1) is 13.5. The van der Waals surface area contributed by atoms with E-state index in [1.807, 2.05) is 56.3 Å². The number of fused-ring (bicyclic) bond motifs is 3. The van der Waals surface area contributed by atoms with E-state index in [1.54, 1.807) is 18.8 Å². The van der Waals surface area contributed by atoms with Gasteiger partial charge in [-0.3, -0.25) is 4.57 Å². The Balaban J connectivity index is 1.86. The Morgan fingerprint density at radius 2 is 1.82 bits per heavy atom. The minimum Gasteiger partial charge on any atom is -0.372 e. The average molecular weight is 377 g/mol. The number of aryl methyl sites for hydroxylation is 2. The molecule has 2 atom stereocenters. The predicted octanol–water partition coefficient (Wildman–Crippen LogP) is 4.12. The minimum absolute atomic E-state index is 0.381. The summed E-state index contributed by atoms with van der Waals surface area (Å²) in [6, 6.07) is 15.9. The molecule has 3 aromatic rings. The van der Waals surface area contributed by atoms with Gasteiger partial charge in [-0.25, -0.2) is 4.79 Å². The molecule has 0 saturated heterocycles. The summed E-state index contributed by atoms with van der Waals surface area (Å²) in [6.45, 7) is 4.08. The molecule has 0 radical (unpaired) electrons. The fourth-order valence-electron chi connectivity index (χ4n) is 3.84. The van der Waals surface area contributed by atoms with Gasteiger partial charge in [-0.05, 0) is 31.0 Å². The van der Waals surface area contributed by atoms with Crippen LogP contribution in [0.1, 0.15) is 29.0 Å². The molecule has 6 heteroatoms. The van der Waals surface area contributed by atoms with Gasteiger partial charge in [-0.1, -0.05) is 42.0 Å². The molecular formula is C22H23N3O3. The molecule has 1 aliphatic rings. The Labute approximate surface area is 163 Å². The largest absolute Gasteiger partial charge is 0.372 e. The third-order valence-corrected chi connectivity index (χ3v) is 5.15. The van der Waals surface area contributed by atoms with E-state index in [2.05, 4.69) is 16.4 Å². The van der Waals surface area contributed by atoms with Crippen LogP contribution in [-0.4, -0.2) is 23.8 Å². The maximum Gasteiger partial charge on any atom is 0.352 e. The zero-order chi connectivity index (χ0) is 19.8. The number of hydrogen-bond acceptors (Lipinski definition) is 5. The van der Waals surface area contributed by atoms with Crippen LogP contribution in [-0.2, 0) is 9.47 Å². The highest BCUT2D eigenvalue weighted by Gasteiger charge is 2.35. The van der Waals surface area contributed by atoms with Gasteiger partial charge in [0.15, 0.2) is 6.23 Å². The molecule has 0 saturated carbocycles. The van der Waals surface area contributed by atoms with Crippen LogP contribution in [0.25, 0.3) is 11.3 Å². The number of methoxy groups -OCH3 is 2. The molecule has 2 aromatic carbocycles. The first-order valence-electron chi connectivity index (χ1n) is 9.16. The van der Waals surface area contributed by atoms with E-state index >= 15 is 0 Å². The lowest BCUT2D eigenvalue weighted by Gasteiger charge is -2.34. The molecule has 0 fully saturated rings. The summed E-state index contributed by atoms with van der Waals surface area (Å²) < 4.78 is 12.8. The van der Waals surface area contributed by atoms with Crippen LogP contribution in [0.15, 0.2) is 53.3 Å². The lowest BCUT2D eigenvalue weighted by molar-refractivity contribution is -0.0832. The monoisotopic (exact) mass is 377 g/mol. The van der Waals surface area contributed by atoms with Crippen molar-refractivity contribution in [2.24, 2.45) is 0 Å². The molecule has 1 aromatic heterocycles. The SMILES string of the molecule is COC1c2ccccc2-c2cc(Nc3ccc(C)cc3C)nc(=O)n2C1OC. The smallest absolute Gasteiger partial charge is 0.352 e. The van der Waals surface area contributed by atoms with Crippen LogP contribution < -0.4 is 11.0 Å². The third-order valence-electron chi connectivity index (χ3n) is 5.15. The quantitative estimate of drug-likeness (QED) is 0.741. The summed E-state index contributed by atoms with van der Waals surface area (Å²) in [5, 5.41) is 3.28. The molecule has 4 rings (SSSR count). The number of aromatic nitrogens is 2. The fourth-order valence-corrected chi connectivity index (χ4v) is 3.84. The van der Waals surface area contributed by atoms with Crippen LogP contribution in [0.2, 0.25) is 0 Å². The highest BCUT2D eigenvalue weighted by Crippen LogP contribution is 2.42. The van der Waals surface area contributed by atoms with Crippen molar-refractivity contribution < 1.29 is 9.47 Å². The van der Waals surface area contributed by atoms with E-state index in [1.165, 1.54) is 5.56 Å². The minimum atomic E-state index is -0.579. The molecule has 28 heavy (non-hydrogen) atoms. The summed E-state index contributed by atoms with van der Waals surface area (Å²) in [5.41, 5.74) is 5.49. The van der Waals surface area contributed by atoms with Gasteiger partial charge >= 0.3 is 5.69 Å². The highest BCUT2D eigenvalue weighted by atomic mass is 16.5. The van der Waals surface area contributed by atoms with Crippen LogP contribution in [0, 0.1) is 13.8 Å². The topological polar surface area (TPSA) is 65.4 Å². The van der Waals surface area contributed by atoms with Crippen molar-refractivity contribution in [3.63, 3.8) is 0 Å². The molecule has 2 heterocycles. The lowest BCUT2D eigenvalue weighted by atomic mass is 9.94. The molecule has 1 aliphatic heterocycles. The second-order valence-electron chi connectivity index (χ2n) is 6.99. The Kier molecular flexibility index (Phi) is 4.75. The van der Waals surface area contributed by atoms with E-state index in [-0.39, 0.29) is 11.8 Å². The van der Waals surface area contributed by atoms with Crippen molar-refractivity contribution in [3.05, 3.63) is 75.7 Å². The molecule has 0 aliphatic carbocycles. The van der Waals surface area contributed by atoms with Gasteiger partial charge in [-0.15, -0.1) is 0 Å². The number of nitrogens with zero attached hydrogens (tertiary/aromatic N) is 2. The van der Waals surface area contributed by atoms with Crippen molar-refractivity contribution >= 4 is 11.5 Å².